The van der Waals surface area contributed by atoms with Crippen LogP contribution in [0.5, 0.6) is 0 Å². The number of hydrogen-bond acceptors (Lipinski definition) is 5. The van der Waals surface area contributed by atoms with E-state index in [4.69, 9.17) is 0 Å². The Balaban J connectivity index is 2.19. The molecule has 0 radical (unpaired) electrons. The smallest absolute Gasteiger partial charge is 0.206 e. The summed E-state index contributed by atoms with van der Waals surface area (Å²) in [4.78, 5) is 0. The highest BCUT2D eigenvalue weighted by Gasteiger charge is 2.19. The molecule has 6 heteroatoms. The molecule has 1 atom stereocenters. The number of anilines is 1. The van der Waals surface area contributed by atoms with Crippen molar-refractivity contribution >= 4 is 16.5 Å². The third-order valence-corrected chi connectivity index (χ3v) is 3.73. The minimum Gasteiger partial charge on any atom is -0.353 e. The van der Waals surface area contributed by atoms with Gasteiger partial charge in [-0.15, -0.1) is 10.2 Å². The predicted octanol–water partition coefficient (Wildman–Crippen LogP) is 3.28. The van der Waals surface area contributed by atoms with Gasteiger partial charge in [0, 0.05) is 11.8 Å². The van der Waals surface area contributed by atoms with Gasteiger partial charge in [-0.25, -0.2) is 0 Å². The monoisotopic (exact) mass is 279 g/mol. The van der Waals surface area contributed by atoms with Gasteiger partial charge in [-0.05, 0) is 41.5 Å². The molecule has 1 unspecified atom stereocenters. The van der Waals surface area contributed by atoms with Gasteiger partial charge in [0.2, 0.25) is 5.13 Å². The van der Waals surface area contributed by atoms with E-state index in [1.165, 1.54) is 5.56 Å². The number of hydrogen-bond donors (Lipinski definition) is 1. The normalized spacial score (nSPS) is 13.6. The second-order valence-electron chi connectivity index (χ2n) is 5.78. The van der Waals surface area contributed by atoms with E-state index in [9.17, 15) is 0 Å². The molecule has 0 saturated carbocycles. The Kier molecular flexibility index (Phi) is 3.62. The summed E-state index contributed by atoms with van der Waals surface area (Å²) in [6.45, 7) is 12.6. The van der Waals surface area contributed by atoms with Crippen molar-refractivity contribution in [1.82, 2.24) is 20.0 Å². The third-order valence-electron chi connectivity index (χ3n) is 2.96. The zero-order valence-corrected chi connectivity index (χ0v) is 13.2. The summed E-state index contributed by atoms with van der Waals surface area (Å²) in [5, 5.41) is 17.9. The van der Waals surface area contributed by atoms with Crippen LogP contribution >= 0.6 is 11.3 Å². The van der Waals surface area contributed by atoms with Crippen LogP contribution in [0.1, 0.15) is 50.0 Å². The molecule has 1 N–H and O–H groups in total. The van der Waals surface area contributed by atoms with E-state index in [1.54, 1.807) is 11.3 Å². The van der Waals surface area contributed by atoms with Crippen LogP contribution in [0, 0.1) is 13.8 Å². The molecular formula is C13H21N5S. The largest absolute Gasteiger partial charge is 0.353 e. The number of nitrogens with one attached hydrogen (secondary N) is 1. The van der Waals surface area contributed by atoms with Crippen molar-refractivity contribution in [2.75, 3.05) is 5.32 Å². The summed E-state index contributed by atoms with van der Waals surface area (Å²) in [6, 6.07) is 0.170. The van der Waals surface area contributed by atoms with Crippen LogP contribution in [-0.4, -0.2) is 20.0 Å². The summed E-state index contributed by atoms with van der Waals surface area (Å²) >= 11 is 1.57. The van der Waals surface area contributed by atoms with Gasteiger partial charge in [-0.1, -0.05) is 11.3 Å². The van der Waals surface area contributed by atoms with E-state index in [-0.39, 0.29) is 11.6 Å². The molecule has 0 fully saturated rings. The Hall–Kier alpha value is -1.43. The lowest BCUT2D eigenvalue weighted by Gasteiger charge is -2.19. The summed E-state index contributed by atoms with van der Waals surface area (Å²) in [6.07, 6.45) is 2.11. The minimum atomic E-state index is 0.00204. The minimum absolute atomic E-state index is 0.00204. The summed E-state index contributed by atoms with van der Waals surface area (Å²) in [5.74, 6) is 0. The fraction of sp³-hybridized carbons (Fsp3) is 0.615. The van der Waals surface area contributed by atoms with Crippen LogP contribution in [0.3, 0.4) is 0 Å². The molecule has 2 aromatic rings. The number of aryl methyl sites for hydroxylation is 2. The van der Waals surface area contributed by atoms with Crippen molar-refractivity contribution in [2.24, 2.45) is 0 Å². The topological polar surface area (TPSA) is 55.6 Å². The SMILES string of the molecule is Cc1nnc(NC(C)c2cn(C(C)(C)C)nc2C)s1. The molecule has 0 spiro atoms. The van der Waals surface area contributed by atoms with Crippen molar-refractivity contribution in [2.45, 2.75) is 53.1 Å². The van der Waals surface area contributed by atoms with Crippen LogP contribution in [0.2, 0.25) is 0 Å². The maximum Gasteiger partial charge on any atom is 0.206 e. The van der Waals surface area contributed by atoms with Gasteiger partial charge in [0.25, 0.3) is 0 Å². The zero-order valence-electron chi connectivity index (χ0n) is 12.4. The number of rotatable bonds is 3. The van der Waals surface area contributed by atoms with Crippen LogP contribution < -0.4 is 5.32 Å². The number of nitrogens with zero attached hydrogens (tertiary/aromatic N) is 4. The Morgan fingerprint density at radius 3 is 2.42 bits per heavy atom. The lowest BCUT2D eigenvalue weighted by molar-refractivity contribution is 0.354. The summed E-state index contributed by atoms with van der Waals surface area (Å²) in [7, 11) is 0. The molecule has 2 rings (SSSR count). The lowest BCUT2D eigenvalue weighted by Crippen LogP contribution is -2.22. The van der Waals surface area contributed by atoms with Gasteiger partial charge in [0.05, 0.1) is 17.3 Å². The molecule has 5 nitrogen and oxygen atoms in total. The van der Waals surface area contributed by atoms with Crippen molar-refractivity contribution in [3.8, 4) is 0 Å². The van der Waals surface area contributed by atoms with E-state index in [0.29, 0.717) is 0 Å². The van der Waals surface area contributed by atoms with Gasteiger partial charge in [-0.3, -0.25) is 4.68 Å². The van der Waals surface area contributed by atoms with Crippen LogP contribution in [0.25, 0.3) is 0 Å². The molecule has 0 aliphatic heterocycles. The zero-order chi connectivity index (χ0) is 14.2. The van der Waals surface area contributed by atoms with Crippen LogP contribution in [0.15, 0.2) is 6.20 Å². The standard InChI is InChI=1S/C13H21N5S/c1-8(14-12-16-15-10(3)19-12)11-7-18(13(4,5)6)17-9(11)2/h7-8H,1-6H3,(H,14,16). The van der Waals surface area contributed by atoms with Gasteiger partial charge < -0.3 is 5.32 Å². The Morgan fingerprint density at radius 2 is 1.95 bits per heavy atom. The molecule has 0 saturated heterocycles. The Morgan fingerprint density at radius 1 is 1.26 bits per heavy atom. The van der Waals surface area contributed by atoms with E-state index in [0.717, 1.165) is 15.8 Å². The molecule has 2 aromatic heterocycles. The average molecular weight is 279 g/mol. The van der Waals surface area contributed by atoms with Crippen molar-refractivity contribution in [3.05, 3.63) is 22.5 Å². The highest BCUT2D eigenvalue weighted by molar-refractivity contribution is 7.15. The van der Waals surface area contributed by atoms with Gasteiger partial charge in [0.15, 0.2) is 0 Å². The quantitative estimate of drug-likeness (QED) is 0.936. The third kappa shape index (κ3) is 3.12. The second kappa shape index (κ2) is 4.92. The first-order valence-corrected chi connectivity index (χ1v) is 7.22. The number of aromatic nitrogens is 4. The van der Waals surface area contributed by atoms with Gasteiger partial charge in [-0.2, -0.15) is 5.10 Å². The molecule has 0 aliphatic rings. The Bertz CT molecular complexity index is 564. The molecule has 2 heterocycles. The molecular weight excluding hydrogens is 258 g/mol. The Labute approximate surface area is 118 Å². The second-order valence-corrected chi connectivity index (χ2v) is 6.96. The van der Waals surface area contributed by atoms with Crippen molar-refractivity contribution in [3.63, 3.8) is 0 Å². The van der Waals surface area contributed by atoms with Crippen LogP contribution in [0.4, 0.5) is 5.13 Å². The molecule has 0 aliphatic carbocycles. The first-order chi connectivity index (χ1) is 8.77. The van der Waals surface area contributed by atoms with Crippen LogP contribution in [-0.2, 0) is 5.54 Å². The molecule has 0 bridgehead atoms. The maximum absolute atomic E-state index is 4.59. The fourth-order valence-corrected chi connectivity index (χ4v) is 2.54. The summed E-state index contributed by atoms with van der Waals surface area (Å²) < 4.78 is 2.02. The fourth-order valence-electron chi connectivity index (χ4n) is 1.86. The van der Waals surface area contributed by atoms with E-state index >= 15 is 0 Å². The lowest BCUT2D eigenvalue weighted by atomic mass is 10.1. The van der Waals surface area contributed by atoms with Crippen molar-refractivity contribution < 1.29 is 0 Å². The highest BCUT2D eigenvalue weighted by atomic mass is 32.1. The van der Waals surface area contributed by atoms with Gasteiger partial charge >= 0.3 is 0 Å². The first-order valence-electron chi connectivity index (χ1n) is 6.40. The highest BCUT2D eigenvalue weighted by Crippen LogP contribution is 2.25. The predicted molar refractivity (Wildman–Crippen MR) is 78.6 cm³/mol. The van der Waals surface area contributed by atoms with E-state index in [2.05, 4.69) is 54.5 Å². The van der Waals surface area contributed by atoms with E-state index < -0.39 is 0 Å². The first kappa shape index (κ1) is 14.0. The maximum atomic E-state index is 4.59. The molecule has 104 valence electrons. The van der Waals surface area contributed by atoms with Gasteiger partial charge in [0.1, 0.15) is 5.01 Å². The summed E-state index contributed by atoms with van der Waals surface area (Å²) in [5.41, 5.74) is 2.25. The van der Waals surface area contributed by atoms with E-state index in [1.807, 2.05) is 18.5 Å². The molecule has 0 aromatic carbocycles. The molecule has 0 amide bonds. The average Bonchev–Trinajstić information content (AvgIpc) is 2.84. The molecule has 19 heavy (non-hydrogen) atoms. The van der Waals surface area contributed by atoms with Crippen molar-refractivity contribution in [1.29, 1.82) is 0 Å².